The first-order chi connectivity index (χ1) is 16.9. The zero-order valence-electron chi connectivity index (χ0n) is 19.6. The van der Waals surface area contributed by atoms with Gasteiger partial charge in [-0.3, -0.25) is 15.2 Å². The van der Waals surface area contributed by atoms with Gasteiger partial charge >= 0.3 is 0 Å². The summed E-state index contributed by atoms with van der Waals surface area (Å²) in [5.41, 5.74) is 5.09. The summed E-state index contributed by atoms with van der Waals surface area (Å²) in [4.78, 5) is 26.2. The van der Waals surface area contributed by atoms with Gasteiger partial charge in [0.05, 0.1) is 31.3 Å². The van der Waals surface area contributed by atoms with Crippen molar-refractivity contribution < 1.29 is 19.0 Å². The van der Waals surface area contributed by atoms with Crippen molar-refractivity contribution >= 4 is 35.1 Å². The lowest BCUT2D eigenvalue weighted by molar-refractivity contribution is 0.111. The summed E-state index contributed by atoms with van der Waals surface area (Å²) in [5, 5.41) is 12.7. The normalized spacial score (nSPS) is 10.5. The van der Waals surface area contributed by atoms with E-state index in [-0.39, 0.29) is 24.9 Å². The van der Waals surface area contributed by atoms with Crippen molar-refractivity contribution in [1.29, 1.82) is 0 Å². The van der Waals surface area contributed by atoms with Gasteiger partial charge in [-0.05, 0) is 24.6 Å². The van der Waals surface area contributed by atoms with Crippen molar-refractivity contribution in [2.75, 3.05) is 60.9 Å². The second kappa shape index (κ2) is 12.4. The van der Waals surface area contributed by atoms with Crippen LogP contribution in [-0.4, -0.2) is 66.7 Å². The van der Waals surface area contributed by atoms with E-state index in [9.17, 15) is 14.3 Å². The van der Waals surface area contributed by atoms with Crippen LogP contribution < -0.4 is 31.1 Å². The number of aliphatic hydroxyl groups is 1. The third-order valence-electron chi connectivity index (χ3n) is 4.97. The highest BCUT2D eigenvalue weighted by molar-refractivity contribution is 5.73. The molecule has 0 aliphatic rings. The number of hydrogen-bond acceptors (Lipinski definition) is 11. The molecule has 12 heteroatoms. The van der Waals surface area contributed by atoms with Gasteiger partial charge in [0.15, 0.2) is 17.9 Å². The van der Waals surface area contributed by atoms with Crippen LogP contribution in [0, 0.1) is 5.82 Å². The first-order valence-electron chi connectivity index (χ1n) is 10.9. The molecule has 11 nitrogen and oxygen atoms in total. The van der Waals surface area contributed by atoms with Crippen LogP contribution in [0.2, 0.25) is 0 Å². The van der Waals surface area contributed by atoms with E-state index in [4.69, 9.17) is 10.6 Å². The summed E-state index contributed by atoms with van der Waals surface area (Å²) in [6.07, 6.45) is 3.85. The third-order valence-corrected chi connectivity index (χ3v) is 4.97. The number of halogens is 1. The van der Waals surface area contributed by atoms with Crippen molar-refractivity contribution in [3.63, 3.8) is 0 Å². The summed E-state index contributed by atoms with van der Waals surface area (Å²) in [6, 6.07) is 9.13. The zero-order chi connectivity index (χ0) is 25.2. The molecule has 186 valence electrons. The number of aliphatic hydroxyl groups excluding tert-OH is 1. The standard InChI is InChI=1S/C23H29FN8O3/c1-31(2)19-10-18(28-16-4-5-17(15-34)26-13-16)11-20(12-19)35-9-3-6-32(7-8-33)22-21(24)14-27-23(29-22)30-25/h4-5,10-15,28,33H,3,6-9,25H2,1-2H3,(H,27,29,30). The topological polar surface area (TPSA) is 142 Å². The summed E-state index contributed by atoms with van der Waals surface area (Å²) in [6.45, 7) is 0.769. The molecule has 0 saturated carbocycles. The molecule has 1 aromatic carbocycles. The van der Waals surface area contributed by atoms with Gasteiger partial charge in [-0.15, -0.1) is 0 Å². The highest BCUT2D eigenvalue weighted by atomic mass is 19.1. The molecule has 0 spiro atoms. The molecule has 0 atom stereocenters. The number of ether oxygens (including phenoxy) is 1. The largest absolute Gasteiger partial charge is 0.493 e. The van der Waals surface area contributed by atoms with Crippen LogP contribution >= 0.6 is 0 Å². The lowest BCUT2D eigenvalue weighted by Crippen LogP contribution is -2.31. The molecule has 35 heavy (non-hydrogen) atoms. The van der Waals surface area contributed by atoms with Gasteiger partial charge in [0.2, 0.25) is 5.95 Å². The number of hydrogen-bond donors (Lipinski definition) is 4. The highest BCUT2D eigenvalue weighted by Gasteiger charge is 2.15. The molecule has 3 aromatic rings. The Morgan fingerprint density at radius 3 is 2.63 bits per heavy atom. The number of nitrogen functional groups attached to an aromatic ring is 1. The number of nitrogens with two attached hydrogens (primary N) is 1. The Hall–Kier alpha value is -4.03. The maximum atomic E-state index is 14.3. The molecule has 2 heterocycles. The predicted octanol–water partition coefficient (Wildman–Crippen LogP) is 2.19. The van der Waals surface area contributed by atoms with E-state index in [0.29, 0.717) is 37.3 Å². The molecule has 5 N–H and O–H groups in total. The number of carbonyl (C=O) groups is 1. The van der Waals surface area contributed by atoms with E-state index in [2.05, 4.69) is 25.7 Å². The molecule has 0 aliphatic heterocycles. The van der Waals surface area contributed by atoms with Gasteiger partial charge < -0.3 is 25.0 Å². The number of aldehydes is 1. The Kier molecular flexibility index (Phi) is 9.09. The number of pyridine rings is 1. The maximum absolute atomic E-state index is 14.3. The average Bonchev–Trinajstić information content (AvgIpc) is 2.86. The fourth-order valence-electron chi connectivity index (χ4n) is 3.25. The van der Waals surface area contributed by atoms with Crippen LogP contribution in [0.3, 0.4) is 0 Å². The maximum Gasteiger partial charge on any atom is 0.239 e. The fourth-order valence-corrected chi connectivity index (χ4v) is 3.25. The number of hydrazine groups is 1. The smallest absolute Gasteiger partial charge is 0.239 e. The number of carbonyl (C=O) groups excluding carboxylic acids is 1. The second-order valence-electron chi connectivity index (χ2n) is 7.75. The molecule has 0 amide bonds. The summed E-state index contributed by atoms with van der Waals surface area (Å²) in [7, 11) is 3.85. The van der Waals surface area contributed by atoms with E-state index in [1.54, 1.807) is 23.2 Å². The second-order valence-corrected chi connectivity index (χ2v) is 7.75. The lowest BCUT2D eigenvalue weighted by atomic mass is 10.2. The molecule has 0 saturated heterocycles. The van der Waals surface area contributed by atoms with Crippen molar-refractivity contribution in [2.24, 2.45) is 5.84 Å². The Morgan fingerprint density at radius 2 is 1.97 bits per heavy atom. The molecule has 2 aromatic heterocycles. The van der Waals surface area contributed by atoms with Gasteiger partial charge in [-0.2, -0.15) is 4.98 Å². The zero-order valence-corrected chi connectivity index (χ0v) is 19.6. The van der Waals surface area contributed by atoms with Crippen molar-refractivity contribution in [2.45, 2.75) is 6.42 Å². The third kappa shape index (κ3) is 7.22. The Labute approximate surface area is 202 Å². The van der Waals surface area contributed by atoms with Crippen LogP contribution in [0.4, 0.5) is 33.2 Å². The SMILES string of the molecule is CN(C)c1cc(Nc2ccc(C=O)nc2)cc(OCCCN(CCO)c2nc(NN)ncc2F)c1. The molecular formula is C23H29FN8O3. The predicted molar refractivity (Wildman–Crippen MR) is 133 cm³/mol. The van der Waals surface area contributed by atoms with E-state index in [1.807, 2.05) is 37.2 Å². The average molecular weight is 485 g/mol. The molecular weight excluding hydrogens is 455 g/mol. The lowest BCUT2D eigenvalue weighted by Gasteiger charge is -2.23. The monoisotopic (exact) mass is 484 g/mol. The summed E-state index contributed by atoms with van der Waals surface area (Å²) < 4.78 is 20.2. The van der Waals surface area contributed by atoms with Gasteiger partial charge in [-0.25, -0.2) is 15.2 Å². The van der Waals surface area contributed by atoms with Crippen LogP contribution in [0.25, 0.3) is 0 Å². The van der Waals surface area contributed by atoms with Crippen LogP contribution in [0.1, 0.15) is 16.9 Å². The molecule has 0 fully saturated rings. The van der Waals surface area contributed by atoms with Crippen LogP contribution in [-0.2, 0) is 0 Å². The van der Waals surface area contributed by atoms with Gasteiger partial charge in [0.1, 0.15) is 11.4 Å². The number of anilines is 5. The Morgan fingerprint density at radius 1 is 1.14 bits per heavy atom. The minimum absolute atomic E-state index is 0.0531. The fraction of sp³-hybridized carbons (Fsp3) is 0.304. The Bertz CT molecular complexity index is 1110. The first-order valence-corrected chi connectivity index (χ1v) is 10.9. The number of benzene rings is 1. The number of aromatic nitrogens is 3. The van der Waals surface area contributed by atoms with Crippen LogP contribution in [0.15, 0.2) is 42.7 Å². The molecule has 0 bridgehead atoms. The minimum Gasteiger partial charge on any atom is -0.493 e. The quantitative estimate of drug-likeness (QED) is 0.123. The van der Waals surface area contributed by atoms with E-state index < -0.39 is 5.82 Å². The molecule has 0 radical (unpaired) electrons. The number of nitrogens with zero attached hydrogens (tertiary/aromatic N) is 5. The molecule has 3 rings (SSSR count). The summed E-state index contributed by atoms with van der Waals surface area (Å²) >= 11 is 0. The first kappa shape index (κ1) is 25.6. The van der Waals surface area contributed by atoms with Gasteiger partial charge in [-0.1, -0.05) is 0 Å². The van der Waals surface area contributed by atoms with Crippen molar-refractivity contribution in [3.8, 4) is 5.75 Å². The summed E-state index contributed by atoms with van der Waals surface area (Å²) in [5.74, 6) is 5.50. The minimum atomic E-state index is -0.608. The molecule has 0 aliphatic carbocycles. The van der Waals surface area contributed by atoms with E-state index in [1.165, 1.54) is 0 Å². The van der Waals surface area contributed by atoms with E-state index >= 15 is 0 Å². The Balaban J connectivity index is 1.66. The highest BCUT2D eigenvalue weighted by Crippen LogP contribution is 2.28. The van der Waals surface area contributed by atoms with Crippen LogP contribution in [0.5, 0.6) is 5.75 Å². The van der Waals surface area contributed by atoms with Gasteiger partial charge in [0, 0.05) is 50.7 Å². The van der Waals surface area contributed by atoms with E-state index in [0.717, 1.165) is 23.3 Å². The van der Waals surface area contributed by atoms with Gasteiger partial charge in [0.25, 0.3) is 0 Å². The number of rotatable bonds is 13. The van der Waals surface area contributed by atoms with Crippen molar-refractivity contribution in [1.82, 2.24) is 15.0 Å². The number of nitrogens with one attached hydrogen (secondary N) is 2. The van der Waals surface area contributed by atoms with Crippen molar-refractivity contribution in [3.05, 3.63) is 54.2 Å². The molecule has 0 unspecified atom stereocenters.